The number of piperidine rings is 1. The van der Waals surface area contributed by atoms with Crippen molar-refractivity contribution in [3.8, 4) is 0 Å². The largest absolute Gasteiger partial charge is 0.343 e. The minimum Gasteiger partial charge on any atom is -0.343 e. The second kappa shape index (κ2) is 5.50. The Labute approximate surface area is 92.2 Å². The van der Waals surface area contributed by atoms with E-state index in [0.717, 1.165) is 44.9 Å². The molecule has 2 saturated heterocycles. The van der Waals surface area contributed by atoms with Crippen LogP contribution in [0.1, 0.15) is 38.5 Å². The van der Waals surface area contributed by atoms with Gasteiger partial charge in [-0.25, -0.2) is 0 Å². The van der Waals surface area contributed by atoms with Gasteiger partial charge >= 0.3 is 0 Å². The molecule has 0 aromatic rings. The average molecular weight is 210 g/mol. The fourth-order valence-electron chi connectivity index (χ4n) is 2.62. The summed E-state index contributed by atoms with van der Waals surface area (Å²) in [5.41, 5.74) is 0. The number of carbonyl (C=O) groups excluding carboxylic acids is 1. The molecule has 0 aromatic heterocycles. The first-order valence-electron chi connectivity index (χ1n) is 6.35. The third-order valence-electron chi connectivity index (χ3n) is 3.68. The van der Waals surface area contributed by atoms with Gasteiger partial charge in [0.1, 0.15) is 0 Å². The predicted molar refractivity (Wildman–Crippen MR) is 60.6 cm³/mol. The van der Waals surface area contributed by atoms with Crippen LogP contribution in [-0.2, 0) is 4.79 Å². The highest BCUT2D eigenvalue weighted by Gasteiger charge is 2.20. The first kappa shape index (κ1) is 10.9. The Kier molecular flexibility index (Phi) is 4.01. The van der Waals surface area contributed by atoms with Crippen LogP contribution >= 0.6 is 0 Å². The van der Waals surface area contributed by atoms with E-state index in [1.807, 2.05) is 4.90 Å². The Bertz CT molecular complexity index is 206. The second-order valence-corrected chi connectivity index (χ2v) is 4.82. The maximum absolute atomic E-state index is 11.8. The van der Waals surface area contributed by atoms with Crippen LogP contribution in [0.25, 0.3) is 0 Å². The normalized spacial score (nSPS) is 23.3. The van der Waals surface area contributed by atoms with E-state index >= 15 is 0 Å². The van der Waals surface area contributed by atoms with Crippen molar-refractivity contribution in [2.45, 2.75) is 38.5 Å². The average Bonchev–Trinajstić information content (AvgIpc) is 2.81. The van der Waals surface area contributed by atoms with Gasteiger partial charge in [0, 0.05) is 19.5 Å². The highest BCUT2D eigenvalue weighted by atomic mass is 16.2. The van der Waals surface area contributed by atoms with E-state index in [9.17, 15) is 4.79 Å². The van der Waals surface area contributed by atoms with Crippen molar-refractivity contribution < 1.29 is 4.79 Å². The van der Waals surface area contributed by atoms with E-state index in [-0.39, 0.29) is 0 Å². The molecule has 2 heterocycles. The fraction of sp³-hybridized carbons (Fsp3) is 0.917. The number of carbonyl (C=O) groups is 1. The second-order valence-electron chi connectivity index (χ2n) is 4.82. The molecule has 0 atom stereocenters. The summed E-state index contributed by atoms with van der Waals surface area (Å²) in [4.78, 5) is 13.8. The molecule has 0 unspecified atom stereocenters. The van der Waals surface area contributed by atoms with Gasteiger partial charge < -0.3 is 10.2 Å². The molecule has 3 nitrogen and oxygen atoms in total. The summed E-state index contributed by atoms with van der Waals surface area (Å²) in [5, 5.41) is 3.36. The van der Waals surface area contributed by atoms with Gasteiger partial charge in [0.15, 0.2) is 0 Å². The molecule has 15 heavy (non-hydrogen) atoms. The van der Waals surface area contributed by atoms with Crippen molar-refractivity contribution in [1.82, 2.24) is 10.2 Å². The highest BCUT2D eigenvalue weighted by Crippen LogP contribution is 2.19. The smallest absolute Gasteiger partial charge is 0.222 e. The van der Waals surface area contributed by atoms with Crippen molar-refractivity contribution in [2.75, 3.05) is 26.2 Å². The van der Waals surface area contributed by atoms with Crippen LogP contribution in [-0.4, -0.2) is 37.0 Å². The monoisotopic (exact) mass is 210 g/mol. The summed E-state index contributed by atoms with van der Waals surface area (Å²) >= 11 is 0. The highest BCUT2D eigenvalue weighted by molar-refractivity contribution is 5.76. The topological polar surface area (TPSA) is 32.3 Å². The van der Waals surface area contributed by atoms with Crippen LogP contribution in [0.15, 0.2) is 0 Å². The van der Waals surface area contributed by atoms with Crippen LogP contribution in [0.4, 0.5) is 0 Å². The molecule has 1 amide bonds. The van der Waals surface area contributed by atoms with Crippen LogP contribution < -0.4 is 5.32 Å². The fourth-order valence-corrected chi connectivity index (χ4v) is 2.62. The molecule has 0 bridgehead atoms. The van der Waals surface area contributed by atoms with Crippen molar-refractivity contribution in [1.29, 1.82) is 0 Å². The number of nitrogens with one attached hydrogen (secondary N) is 1. The third-order valence-corrected chi connectivity index (χ3v) is 3.68. The quantitative estimate of drug-likeness (QED) is 0.763. The number of hydrogen-bond donors (Lipinski definition) is 1. The lowest BCUT2D eigenvalue weighted by atomic mass is 9.93. The van der Waals surface area contributed by atoms with Crippen LogP contribution in [0.3, 0.4) is 0 Å². The molecule has 0 saturated carbocycles. The first-order chi connectivity index (χ1) is 7.36. The third kappa shape index (κ3) is 3.20. The predicted octanol–water partition coefficient (Wildman–Crippen LogP) is 1.39. The minimum absolute atomic E-state index is 0.394. The minimum atomic E-state index is 0.394. The molecular formula is C12H22N2O. The van der Waals surface area contributed by atoms with Crippen molar-refractivity contribution in [3.63, 3.8) is 0 Å². The van der Waals surface area contributed by atoms with Crippen molar-refractivity contribution in [3.05, 3.63) is 0 Å². The Morgan fingerprint density at radius 2 is 1.87 bits per heavy atom. The zero-order valence-electron chi connectivity index (χ0n) is 9.50. The molecule has 2 aliphatic rings. The van der Waals surface area contributed by atoms with E-state index in [4.69, 9.17) is 0 Å². The van der Waals surface area contributed by atoms with E-state index in [1.54, 1.807) is 0 Å². The van der Waals surface area contributed by atoms with Gasteiger partial charge in [0.05, 0.1) is 0 Å². The Morgan fingerprint density at radius 1 is 1.20 bits per heavy atom. The van der Waals surface area contributed by atoms with E-state index in [0.29, 0.717) is 5.91 Å². The number of nitrogens with zero attached hydrogens (tertiary/aromatic N) is 1. The summed E-state index contributed by atoms with van der Waals surface area (Å²) in [6.45, 7) is 4.29. The standard InChI is InChI=1S/C12H22N2O/c15-12(14-9-1-2-10-14)4-3-11-5-7-13-8-6-11/h11,13H,1-10H2. The Hall–Kier alpha value is -0.570. The zero-order valence-corrected chi connectivity index (χ0v) is 9.50. The van der Waals surface area contributed by atoms with Gasteiger partial charge in [-0.1, -0.05) is 0 Å². The number of rotatable bonds is 3. The lowest BCUT2D eigenvalue weighted by Gasteiger charge is -2.23. The van der Waals surface area contributed by atoms with Crippen molar-refractivity contribution in [2.24, 2.45) is 5.92 Å². The Morgan fingerprint density at radius 3 is 2.53 bits per heavy atom. The van der Waals surface area contributed by atoms with Gasteiger partial charge in [0.2, 0.25) is 5.91 Å². The number of likely N-dealkylation sites (tertiary alicyclic amines) is 1. The molecule has 2 rings (SSSR count). The van der Waals surface area contributed by atoms with Gasteiger partial charge in [-0.3, -0.25) is 4.79 Å². The summed E-state index contributed by atoms with van der Waals surface area (Å²) in [5.74, 6) is 1.18. The molecule has 2 aliphatic heterocycles. The summed E-state index contributed by atoms with van der Waals surface area (Å²) < 4.78 is 0. The molecule has 0 radical (unpaired) electrons. The van der Waals surface area contributed by atoms with E-state index in [1.165, 1.54) is 25.7 Å². The van der Waals surface area contributed by atoms with E-state index in [2.05, 4.69) is 5.32 Å². The molecule has 0 aliphatic carbocycles. The molecule has 0 spiro atoms. The maximum atomic E-state index is 11.8. The van der Waals surface area contributed by atoms with Crippen LogP contribution in [0, 0.1) is 5.92 Å². The summed E-state index contributed by atoms with van der Waals surface area (Å²) in [6.07, 6.45) is 6.82. The molecule has 1 N–H and O–H groups in total. The Balaban J connectivity index is 1.65. The zero-order chi connectivity index (χ0) is 10.5. The summed E-state index contributed by atoms with van der Waals surface area (Å²) in [6, 6.07) is 0. The van der Waals surface area contributed by atoms with E-state index < -0.39 is 0 Å². The first-order valence-corrected chi connectivity index (χ1v) is 6.35. The van der Waals surface area contributed by atoms with Crippen LogP contribution in [0.5, 0.6) is 0 Å². The van der Waals surface area contributed by atoms with Gasteiger partial charge in [-0.15, -0.1) is 0 Å². The maximum Gasteiger partial charge on any atom is 0.222 e. The molecule has 2 fully saturated rings. The number of amides is 1. The van der Waals surface area contributed by atoms with Crippen LogP contribution in [0.2, 0.25) is 0 Å². The molecule has 0 aromatic carbocycles. The molecular weight excluding hydrogens is 188 g/mol. The molecule has 3 heteroatoms. The lowest BCUT2D eigenvalue weighted by molar-refractivity contribution is -0.130. The van der Waals surface area contributed by atoms with Gasteiger partial charge in [-0.2, -0.15) is 0 Å². The van der Waals surface area contributed by atoms with Gasteiger partial charge in [-0.05, 0) is 51.1 Å². The molecule has 86 valence electrons. The van der Waals surface area contributed by atoms with Crippen molar-refractivity contribution >= 4 is 5.91 Å². The number of hydrogen-bond acceptors (Lipinski definition) is 2. The summed E-state index contributed by atoms with van der Waals surface area (Å²) in [7, 11) is 0. The van der Waals surface area contributed by atoms with Gasteiger partial charge in [0.25, 0.3) is 0 Å². The SMILES string of the molecule is O=C(CCC1CCNCC1)N1CCCC1. The lowest BCUT2D eigenvalue weighted by Crippen LogP contribution is -2.30.